The van der Waals surface area contributed by atoms with Gasteiger partial charge in [0.05, 0.1) is 13.2 Å². The van der Waals surface area contributed by atoms with E-state index in [0.717, 1.165) is 45.3 Å². The van der Waals surface area contributed by atoms with Crippen LogP contribution in [-0.4, -0.2) is 36.1 Å². The molecule has 4 aliphatic carbocycles. The fourth-order valence-corrected chi connectivity index (χ4v) is 7.87. The number of allylic oxidation sites excluding steroid dienone is 3. The van der Waals surface area contributed by atoms with E-state index in [0.29, 0.717) is 22.6 Å². The van der Waals surface area contributed by atoms with Crippen molar-refractivity contribution in [2.24, 2.45) is 23.2 Å². The highest BCUT2D eigenvalue weighted by atomic mass is 16.7. The van der Waals surface area contributed by atoms with Crippen LogP contribution in [0.4, 0.5) is 0 Å². The second kappa shape index (κ2) is 7.09. The highest BCUT2D eigenvalue weighted by Crippen LogP contribution is 2.61. The van der Waals surface area contributed by atoms with Crippen molar-refractivity contribution in [2.45, 2.75) is 89.9 Å². The Morgan fingerprint density at radius 3 is 2.67 bits per heavy atom. The predicted molar refractivity (Wildman–Crippen MR) is 118 cm³/mol. The van der Waals surface area contributed by atoms with Gasteiger partial charge < -0.3 is 14.7 Å². The first kappa shape index (κ1) is 20.6. The Bertz CT molecular complexity index is 794. The molecule has 1 heterocycles. The topological polar surface area (TPSA) is 56.6 Å². The van der Waals surface area contributed by atoms with Gasteiger partial charge in [-0.1, -0.05) is 37.3 Å². The van der Waals surface area contributed by atoms with Gasteiger partial charge in [0.25, 0.3) is 0 Å². The Labute approximate surface area is 181 Å². The molecular weight excluding hydrogens is 376 g/mol. The third-order valence-electron chi connectivity index (χ3n) is 9.49. The van der Waals surface area contributed by atoms with Crippen LogP contribution in [0.25, 0.3) is 0 Å². The van der Waals surface area contributed by atoms with E-state index in [1.54, 1.807) is 16.7 Å². The van der Waals surface area contributed by atoms with Gasteiger partial charge in [-0.25, -0.2) is 0 Å². The quantitative estimate of drug-likeness (QED) is 0.310. The highest BCUT2D eigenvalue weighted by molar-refractivity contribution is 5.43. The molecule has 166 valence electrons. The molecule has 0 radical (unpaired) electrons. The van der Waals surface area contributed by atoms with E-state index in [1.807, 2.05) is 0 Å². The zero-order chi connectivity index (χ0) is 21.1. The largest absolute Gasteiger partial charge is 0.597 e. The monoisotopic (exact) mass is 414 g/mol. The maximum absolute atomic E-state index is 12.0. The summed E-state index contributed by atoms with van der Waals surface area (Å²) in [5.41, 5.74) is 7.98. The molecule has 1 saturated carbocycles. The number of ether oxygens (including phenoxy) is 2. The summed E-state index contributed by atoms with van der Waals surface area (Å²) in [6.07, 6.45) is 12.6. The maximum atomic E-state index is 12.0. The molecule has 5 nitrogen and oxygen atoms in total. The van der Waals surface area contributed by atoms with Crippen molar-refractivity contribution >= 4 is 6.72 Å². The normalized spacial score (nSPS) is 39.9. The van der Waals surface area contributed by atoms with E-state index in [-0.39, 0.29) is 16.7 Å². The average molecular weight is 415 g/mol. The third kappa shape index (κ3) is 2.91. The van der Waals surface area contributed by atoms with Crippen LogP contribution in [0.3, 0.4) is 0 Å². The molecule has 0 bridgehead atoms. The van der Waals surface area contributed by atoms with E-state index in [4.69, 9.17) is 9.47 Å². The molecule has 0 aromatic heterocycles. The Balaban J connectivity index is 1.48. The average Bonchev–Trinajstić information content (AvgIpc) is 3.20. The lowest BCUT2D eigenvalue weighted by molar-refractivity contribution is -0.539. The van der Waals surface area contributed by atoms with Crippen molar-refractivity contribution < 1.29 is 14.3 Å². The number of hydrazone groups is 1. The summed E-state index contributed by atoms with van der Waals surface area (Å²) in [5.74, 6) is 1.36. The summed E-state index contributed by atoms with van der Waals surface area (Å²) < 4.78 is 12.1. The lowest BCUT2D eigenvalue weighted by Crippen LogP contribution is -2.60. The van der Waals surface area contributed by atoms with E-state index in [1.165, 1.54) is 25.7 Å². The van der Waals surface area contributed by atoms with Gasteiger partial charge in [-0.15, -0.1) is 0 Å². The Morgan fingerprint density at radius 2 is 1.97 bits per heavy atom. The Hall–Kier alpha value is -1.33. The first-order chi connectivity index (χ1) is 14.3. The maximum Gasteiger partial charge on any atom is 0.172 e. The molecule has 1 spiro atoms. The standard InChI is InChI=1S/C25H38N2O3/c1-17(2)25(26-27(4)28)12-7-20-15-18-5-6-19-16-24(29-13-14-30-24)11-9-22(19)21(18)8-10-23(20,25)3/h8,17-18,20,26H,4-7,9-16H2,1-3H3/t18?,20?,23?,25-/m0/s1. The van der Waals surface area contributed by atoms with Crippen LogP contribution in [0.2, 0.25) is 0 Å². The summed E-state index contributed by atoms with van der Waals surface area (Å²) >= 11 is 0. The van der Waals surface area contributed by atoms with Crippen LogP contribution >= 0.6 is 0 Å². The number of hydrazine groups is 1. The van der Waals surface area contributed by atoms with Gasteiger partial charge in [-0.2, -0.15) is 5.43 Å². The van der Waals surface area contributed by atoms with Crippen molar-refractivity contribution in [1.82, 2.24) is 5.43 Å². The van der Waals surface area contributed by atoms with Crippen LogP contribution in [-0.2, 0) is 9.47 Å². The lowest BCUT2D eigenvalue weighted by atomic mass is 9.62. The highest BCUT2D eigenvalue weighted by Gasteiger charge is 2.61. The van der Waals surface area contributed by atoms with E-state index in [9.17, 15) is 5.21 Å². The lowest BCUT2D eigenvalue weighted by Gasteiger charge is -2.47. The minimum atomic E-state index is -0.331. The minimum absolute atomic E-state index is 0.0696. The van der Waals surface area contributed by atoms with Gasteiger partial charge in [-0.3, -0.25) is 0 Å². The molecule has 1 N–H and O–H groups in total. The summed E-state index contributed by atoms with van der Waals surface area (Å²) in [6.45, 7) is 12.0. The molecule has 5 aliphatic rings. The molecule has 0 aromatic rings. The third-order valence-corrected chi connectivity index (χ3v) is 9.49. The summed E-state index contributed by atoms with van der Waals surface area (Å²) in [4.78, 5) is 0.710. The van der Waals surface area contributed by atoms with Crippen molar-refractivity contribution in [3.63, 3.8) is 0 Å². The first-order valence-corrected chi connectivity index (χ1v) is 12.0. The molecule has 5 rings (SSSR count). The number of nitrogens with one attached hydrogen (secondary N) is 1. The van der Waals surface area contributed by atoms with Crippen LogP contribution in [0, 0.1) is 28.4 Å². The van der Waals surface area contributed by atoms with Crippen LogP contribution < -0.4 is 5.43 Å². The molecule has 30 heavy (non-hydrogen) atoms. The molecule has 5 heteroatoms. The van der Waals surface area contributed by atoms with Crippen molar-refractivity contribution in [3.05, 3.63) is 28.0 Å². The van der Waals surface area contributed by atoms with Crippen molar-refractivity contribution in [3.8, 4) is 0 Å². The van der Waals surface area contributed by atoms with E-state index in [2.05, 4.69) is 39.0 Å². The molecule has 0 aromatic carbocycles. The van der Waals surface area contributed by atoms with Gasteiger partial charge in [-0.05, 0) is 73.8 Å². The molecule has 4 atom stereocenters. The SMILES string of the molecule is C=[N+]([O-])N[C@]1(C(C)C)CCC2CC3CCC4=C(CCC5(C4)OCCO5)C3=CCC21C. The van der Waals surface area contributed by atoms with E-state index >= 15 is 0 Å². The smallest absolute Gasteiger partial charge is 0.172 e. The zero-order valence-corrected chi connectivity index (χ0v) is 19.0. The zero-order valence-electron chi connectivity index (χ0n) is 19.0. The molecule has 2 fully saturated rings. The summed E-state index contributed by atoms with van der Waals surface area (Å²) in [6, 6.07) is 0. The predicted octanol–water partition coefficient (Wildman–Crippen LogP) is 4.87. The van der Waals surface area contributed by atoms with Crippen LogP contribution in [0.1, 0.15) is 78.6 Å². The molecule has 1 aliphatic heterocycles. The van der Waals surface area contributed by atoms with Crippen molar-refractivity contribution in [2.75, 3.05) is 13.2 Å². The number of rotatable bonds is 3. The fraction of sp³-hybridized carbons (Fsp3) is 0.800. The number of hydrogen-bond donors (Lipinski definition) is 1. The molecule has 1 saturated heterocycles. The van der Waals surface area contributed by atoms with Gasteiger partial charge in [0.1, 0.15) is 5.54 Å². The van der Waals surface area contributed by atoms with Gasteiger partial charge >= 0.3 is 0 Å². The molecule has 0 amide bonds. The molecular formula is C25H38N2O3. The second-order valence-electron chi connectivity index (χ2n) is 11.0. The summed E-state index contributed by atoms with van der Waals surface area (Å²) in [5, 5.41) is 12.0. The van der Waals surface area contributed by atoms with Gasteiger partial charge in [0, 0.05) is 18.3 Å². The van der Waals surface area contributed by atoms with Gasteiger partial charge in [0.2, 0.25) is 0 Å². The Morgan fingerprint density at radius 1 is 1.20 bits per heavy atom. The van der Waals surface area contributed by atoms with Crippen molar-refractivity contribution in [1.29, 1.82) is 0 Å². The first-order valence-electron chi connectivity index (χ1n) is 12.0. The van der Waals surface area contributed by atoms with Gasteiger partial charge in [0.15, 0.2) is 12.5 Å². The number of hydrogen-bond acceptors (Lipinski definition) is 4. The minimum Gasteiger partial charge on any atom is -0.597 e. The van der Waals surface area contributed by atoms with Crippen LogP contribution in [0.15, 0.2) is 22.8 Å². The van der Waals surface area contributed by atoms with Crippen LogP contribution in [0.5, 0.6) is 0 Å². The van der Waals surface area contributed by atoms with E-state index < -0.39 is 0 Å². The fourth-order valence-electron chi connectivity index (χ4n) is 7.87. The Kier molecular flexibility index (Phi) is 4.86. The summed E-state index contributed by atoms with van der Waals surface area (Å²) in [7, 11) is 0. The number of nitrogens with zero attached hydrogens (tertiary/aromatic N) is 1. The molecule has 3 unspecified atom stereocenters. The number of fused-ring (bicyclic) bond motifs is 3. The second-order valence-corrected chi connectivity index (χ2v) is 11.0.